The van der Waals surface area contributed by atoms with Crippen LogP contribution in [0.4, 0.5) is 13.2 Å². The molecule has 2 aliphatic rings. The van der Waals surface area contributed by atoms with Crippen molar-refractivity contribution in [3.05, 3.63) is 35.4 Å². The third-order valence-electron chi connectivity index (χ3n) is 6.26. The molecule has 3 atom stereocenters. The Hall–Kier alpha value is -1.60. The second kappa shape index (κ2) is 8.87. The normalized spacial score (nSPS) is 24.2. The van der Waals surface area contributed by atoms with Gasteiger partial charge in [-0.2, -0.15) is 13.2 Å². The Kier molecular flexibility index (Phi) is 6.39. The topological polar surface area (TPSA) is 44.4 Å². The van der Waals surface area contributed by atoms with Crippen molar-refractivity contribution in [3.63, 3.8) is 0 Å². The lowest BCUT2D eigenvalue weighted by Gasteiger charge is -2.44. The van der Waals surface area contributed by atoms with Gasteiger partial charge in [-0.3, -0.25) is 9.69 Å². The van der Waals surface area contributed by atoms with Crippen LogP contribution in [0, 0.1) is 11.3 Å². The number of carbonyl (C=O) groups excluding carboxylic acids is 1. The number of carbonyl (C=O) groups is 1. The Morgan fingerprint density at radius 2 is 1.83 bits per heavy atom. The van der Waals surface area contributed by atoms with Crippen molar-refractivity contribution in [2.75, 3.05) is 19.6 Å². The molecule has 1 saturated carbocycles. The number of nitrogens with one attached hydrogen (secondary N) is 2. The number of benzene rings is 1. The third-order valence-corrected chi connectivity index (χ3v) is 6.26. The van der Waals surface area contributed by atoms with Crippen molar-refractivity contribution >= 4 is 5.91 Å². The molecule has 1 saturated heterocycles. The summed E-state index contributed by atoms with van der Waals surface area (Å²) in [5.74, 6) is -1.20. The van der Waals surface area contributed by atoms with Crippen LogP contribution < -0.4 is 10.6 Å². The van der Waals surface area contributed by atoms with E-state index in [-0.39, 0.29) is 17.5 Å². The fourth-order valence-electron chi connectivity index (χ4n) is 4.08. The van der Waals surface area contributed by atoms with Crippen LogP contribution in [-0.4, -0.2) is 42.7 Å². The van der Waals surface area contributed by atoms with E-state index in [4.69, 9.17) is 1.41 Å². The van der Waals surface area contributed by atoms with Crippen LogP contribution in [-0.2, 0) is 4.79 Å². The summed E-state index contributed by atoms with van der Waals surface area (Å²) in [5, 5.41) is 3.72. The highest BCUT2D eigenvalue weighted by molar-refractivity contribution is 5.82. The van der Waals surface area contributed by atoms with Gasteiger partial charge in [-0.25, -0.2) is 0 Å². The largest absolute Gasteiger partial charge is 0.471 e. The van der Waals surface area contributed by atoms with E-state index < -0.39 is 18.1 Å². The van der Waals surface area contributed by atoms with Gasteiger partial charge in [-0.1, -0.05) is 57.9 Å². The molecule has 30 heavy (non-hydrogen) atoms. The molecule has 1 aliphatic heterocycles. The summed E-state index contributed by atoms with van der Waals surface area (Å²) < 4.78 is 46.0. The minimum absolute atomic E-state index is 0.000526. The maximum Gasteiger partial charge on any atom is 0.471 e. The Morgan fingerprint density at radius 3 is 2.37 bits per heavy atom. The van der Waals surface area contributed by atoms with Crippen LogP contribution in [0.1, 0.15) is 70.2 Å². The molecule has 0 radical (unpaired) electrons. The second-order valence-corrected chi connectivity index (χ2v) is 9.84. The summed E-state index contributed by atoms with van der Waals surface area (Å²) in [6.07, 6.45) is -1.33. The summed E-state index contributed by atoms with van der Waals surface area (Å²) in [7, 11) is 0. The third kappa shape index (κ3) is 5.97. The molecule has 1 aromatic carbocycles. The molecule has 2 unspecified atom stereocenters. The lowest BCUT2D eigenvalue weighted by molar-refractivity contribution is -0.174. The highest BCUT2D eigenvalue weighted by Crippen LogP contribution is 2.41. The van der Waals surface area contributed by atoms with Crippen LogP contribution in [0.15, 0.2) is 24.3 Å². The quantitative estimate of drug-likeness (QED) is 0.700. The highest BCUT2D eigenvalue weighted by atomic mass is 19.4. The molecule has 2 fully saturated rings. The van der Waals surface area contributed by atoms with E-state index in [1.165, 1.54) is 12.8 Å². The van der Waals surface area contributed by atoms with Gasteiger partial charge in [0.15, 0.2) is 0 Å². The molecule has 7 heteroatoms. The molecule has 3 rings (SSSR count). The van der Waals surface area contributed by atoms with Gasteiger partial charge in [0.05, 0.1) is 6.04 Å². The van der Waals surface area contributed by atoms with Crippen molar-refractivity contribution in [1.29, 1.82) is 0 Å². The van der Waals surface area contributed by atoms with Gasteiger partial charge in [0.1, 0.15) is 1.41 Å². The van der Waals surface area contributed by atoms with Crippen molar-refractivity contribution in [1.82, 2.24) is 15.5 Å². The number of hydrogen-bond donors (Lipinski definition) is 2. The Bertz CT molecular complexity index is 759. The molecule has 0 bridgehead atoms. The highest BCUT2D eigenvalue weighted by Gasteiger charge is 2.39. The zero-order valence-corrected chi connectivity index (χ0v) is 18.3. The van der Waals surface area contributed by atoms with Gasteiger partial charge in [0, 0.05) is 31.7 Å². The number of hydrogen-bond acceptors (Lipinski definition) is 3. The maximum absolute atomic E-state index is 12.5. The predicted molar refractivity (Wildman–Crippen MR) is 112 cm³/mol. The minimum atomic E-state index is -4.88. The maximum atomic E-state index is 12.5. The van der Waals surface area contributed by atoms with Gasteiger partial charge in [0.2, 0.25) is 0 Å². The monoisotopic (exact) mass is 426 g/mol. The molecule has 1 heterocycles. The van der Waals surface area contributed by atoms with Crippen molar-refractivity contribution in [3.8, 4) is 0 Å². The number of piperazine rings is 1. The first-order valence-electron chi connectivity index (χ1n) is 11.3. The smallest absolute Gasteiger partial charge is 0.342 e. The summed E-state index contributed by atoms with van der Waals surface area (Å²) in [4.78, 5) is 13.7. The Balaban J connectivity index is 1.75. The van der Waals surface area contributed by atoms with Gasteiger partial charge >= 0.3 is 12.1 Å². The first kappa shape index (κ1) is 21.6. The molecule has 1 aliphatic carbocycles. The van der Waals surface area contributed by atoms with Crippen molar-refractivity contribution < 1.29 is 19.4 Å². The van der Waals surface area contributed by atoms with E-state index in [1.807, 2.05) is 29.6 Å². The van der Waals surface area contributed by atoms with Gasteiger partial charge in [-0.15, -0.1) is 0 Å². The Morgan fingerprint density at radius 1 is 1.23 bits per heavy atom. The van der Waals surface area contributed by atoms with Gasteiger partial charge in [-0.05, 0) is 35.8 Å². The number of nitrogens with zero attached hydrogens (tertiary/aromatic N) is 1. The van der Waals surface area contributed by atoms with Crippen molar-refractivity contribution in [2.45, 2.75) is 71.3 Å². The van der Waals surface area contributed by atoms with Crippen LogP contribution >= 0.6 is 0 Å². The number of alkyl halides is 3. The zero-order valence-electron chi connectivity index (χ0n) is 19.3. The fraction of sp³-hybridized carbons (Fsp3) is 0.696. The van der Waals surface area contributed by atoms with E-state index in [9.17, 15) is 18.0 Å². The van der Waals surface area contributed by atoms with Gasteiger partial charge in [0.25, 0.3) is 0 Å². The molecule has 4 nitrogen and oxygen atoms in total. The average Bonchev–Trinajstić information content (AvgIpc) is 3.49. The predicted octanol–water partition coefficient (Wildman–Crippen LogP) is 4.59. The van der Waals surface area contributed by atoms with E-state index in [2.05, 4.69) is 25.7 Å². The summed E-state index contributed by atoms with van der Waals surface area (Å²) >= 11 is 0. The first-order valence-corrected chi connectivity index (χ1v) is 10.8. The van der Waals surface area contributed by atoms with E-state index in [0.717, 1.165) is 31.0 Å². The average molecular weight is 427 g/mol. The van der Waals surface area contributed by atoms with Crippen LogP contribution in [0.3, 0.4) is 0 Å². The second-order valence-electron chi connectivity index (χ2n) is 9.84. The zero-order chi connectivity index (χ0) is 23.0. The van der Waals surface area contributed by atoms with E-state index in [1.54, 1.807) is 12.2 Å². The number of amides is 1. The first-order chi connectivity index (χ1) is 14.4. The van der Waals surface area contributed by atoms with E-state index >= 15 is 0 Å². The summed E-state index contributed by atoms with van der Waals surface area (Å²) in [6, 6.07) is 7.26. The molecule has 168 valence electrons. The number of rotatable bonds is 6. The van der Waals surface area contributed by atoms with Crippen molar-refractivity contribution in [2.24, 2.45) is 11.3 Å². The lowest BCUT2D eigenvalue weighted by Crippen LogP contribution is -2.56. The molecule has 0 aromatic heterocycles. The Labute approximate surface area is 179 Å². The lowest BCUT2D eigenvalue weighted by atomic mass is 9.84. The standard InChI is InChI=1S/C23H34F3N3O/c1-15(28-21(30)23(24,25)26)17-7-9-18(10-8-17)19(13-16-5-6-16)29-12-11-27-20(14-29)22(2,3)4/h7-10,15-16,19-20,27H,5-6,11-14H2,1-4H3,(H,28,30)/t15-,19?,20?/m0/s1/i/hD. The van der Waals surface area contributed by atoms with Crippen LogP contribution in [0.25, 0.3) is 0 Å². The van der Waals surface area contributed by atoms with E-state index in [0.29, 0.717) is 12.1 Å². The van der Waals surface area contributed by atoms with Gasteiger partial charge < -0.3 is 10.6 Å². The fourth-order valence-corrected chi connectivity index (χ4v) is 4.08. The molecule has 0 spiro atoms. The summed E-state index contributed by atoms with van der Waals surface area (Å²) in [6.45, 7) is 10.4. The molecular formula is C23H34F3N3O. The van der Waals surface area contributed by atoms with Crippen LogP contribution in [0.2, 0.25) is 1.41 Å². The van der Waals surface area contributed by atoms with Crippen LogP contribution in [0.5, 0.6) is 0 Å². The molecule has 2 N–H and O–H groups in total. The molecular weight excluding hydrogens is 391 g/mol. The SMILES string of the molecule is [2H]N1CCN(C(CC2CC2)c2ccc([C@H](C)NC(=O)C(F)(F)F)cc2)CC1C(C)(C)C. The molecule has 1 amide bonds. The molecule has 1 aromatic rings. The minimum Gasteiger partial charge on any atom is -0.342 e. The number of halogens is 3. The summed E-state index contributed by atoms with van der Waals surface area (Å²) in [5.41, 5.74) is 1.80.